The molecule has 6 nitrogen and oxygen atoms in total. The van der Waals surface area contributed by atoms with E-state index in [1.165, 1.54) is 0 Å². The fourth-order valence-corrected chi connectivity index (χ4v) is 3.36. The van der Waals surface area contributed by atoms with Crippen LogP contribution in [0.15, 0.2) is 48.5 Å². The second kappa shape index (κ2) is 8.04. The third kappa shape index (κ3) is 4.18. The maximum Gasteiger partial charge on any atom is 0.323 e. The van der Waals surface area contributed by atoms with E-state index >= 15 is 0 Å². The van der Waals surface area contributed by atoms with Crippen LogP contribution in [-0.4, -0.2) is 37.3 Å². The predicted octanol–water partition coefficient (Wildman–Crippen LogP) is 4.68. The number of hydrogen-bond acceptors (Lipinski definition) is 4. The molecule has 0 saturated carbocycles. The average molecular weight is 397 g/mol. The van der Waals surface area contributed by atoms with Crippen molar-refractivity contribution in [2.45, 2.75) is 6.92 Å². The molecule has 1 aliphatic heterocycles. The van der Waals surface area contributed by atoms with Crippen molar-refractivity contribution in [3.05, 3.63) is 59.1 Å². The fraction of sp³-hybridized carbons (Fsp3) is 0.238. The fourth-order valence-electron chi connectivity index (χ4n) is 3.24. The van der Waals surface area contributed by atoms with Gasteiger partial charge in [-0.1, -0.05) is 11.6 Å². The number of hydrogen-bond donors (Lipinski definition) is 2. The highest BCUT2D eigenvalue weighted by molar-refractivity contribution is 6.30. The van der Waals surface area contributed by atoms with Crippen molar-refractivity contribution in [3.8, 4) is 0 Å². The van der Waals surface area contributed by atoms with Crippen molar-refractivity contribution in [2.24, 2.45) is 0 Å². The number of aryl methyl sites for hydroxylation is 1. The van der Waals surface area contributed by atoms with E-state index in [2.05, 4.69) is 28.5 Å². The van der Waals surface area contributed by atoms with E-state index in [1.807, 2.05) is 18.2 Å². The average Bonchev–Trinajstić information content (AvgIpc) is 2.71. The minimum Gasteiger partial charge on any atom is -0.378 e. The highest BCUT2D eigenvalue weighted by atomic mass is 35.5. The zero-order valence-corrected chi connectivity index (χ0v) is 16.3. The van der Waals surface area contributed by atoms with Crippen LogP contribution in [0.1, 0.15) is 5.56 Å². The molecule has 4 rings (SSSR count). The van der Waals surface area contributed by atoms with Crippen molar-refractivity contribution >= 4 is 45.7 Å². The Hall–Kier alpha value is -2.83. The standard InChI is InChI=1S/C21H21ClN4O2/c1-14-12-20(26-8-10-28-11-9-26)25-19-7-6-17(13-18(14)19)24-21(27)23-16-4-2-15(22)3-5-16/h2-7,12-13H,8-11H2,1H3,(H2,23,24,27). The summed E-state index contributed by atoms with van der Waals surface area (Å²) in [5, 5.41) is 7.29. The van der Waals surface area contributed by atoms with Crippen LogP contribution < -0.4 is 15.5 Å². The molecule has 28 heavy (non-hydrogen) atoms. The Kier molecular flexibility index (Phi) is 5.32. The largest absolute Gasteiger partial charge is 0.378 e. The van der Waals surface area contributed by atoms with Gasteiger partial charge in [0.2, 0.25) is 0 Å². The third-order valence-corrected chi connectivity index (χ3v) is 4.95. The predicted molar refractivity (Wildman–Crippen MR) is 114 cm³/mol. The Morgan fingerprint density at radius 1 is 1.04 bits per heavy atom. The van der Waals surface area contributed by atoms with Gasteiger partial charge in [-0.3, -0.25) is 0 Å². The number of urea groups is 1. The Morgan fingerprint density at radius 3 is 2.46 bits per heavy atom. The van der Waals surface area contributed by atoms with Gasteiger partial charge in [-0.05, 0) is 61.0 Å². The lowest BCUT2D eigenvalue weighted by Crippen LogP contribution is -2.36. The van der Waals surface area contributed by atoms with E-state index in [1.54, 1.807) is 24.3 Å². The lowest BCUT2D eigenvalue weighted by molar-refractivity contribution is 0.122. The van der Waals surface area contributed by atoms with Gasteiger partial charge in [0.05, 0.1) is 18.7 Å². The summed E-state index contributed by atoms with van der Waals surface area (Å²) in [6, 6.07) is 14.5. The number of aromatic nitrogens is 1. The number of nitrogens with one attached hydrogen (secondary N) is 2. The number of nitrogens with zero attached hydrogens (tertiary/aromatic N) is 2. The summed E-state index contributed by atoms with van der Waals surface area (Å²) in [4.78, 5) is 19.3. The first kappa shape index (κ1) is 18.5. The first-order chi connectivity index (χ1) is 13.6. The lowest BCUT2D eigenvalue weighted by atomic mass is 10.1. The van der Waals surface area contributed by atoms with Crippen molar-refractivity contribution in [1.29, 1.82) is 0 Å². The number of fused-ring (bicyclic) bond motifs is 1. The molecule has 1 aliphatic rings. The summed E-state index contributed by atoms with van der Waals surface area (Å²) in [7, 11) is 0. The first-order valence-corrected chi connectivity index (χ1v) is 9.54. The van der Waals surface area contributed by atoms with Crippen LogP contribution in [0.25, 0.3) is 10.9 Å². The number of carbonyl (C=O) groups is 1. The molecule has 0 unspecified atom stereocenters. The molecule has 0 spiro atoms. The van der Waals surface area contributed by atoms with Crippen molar-refractivity contribution in [1.82, 2.24) is 4.98 Å². The van der Waals surface area contributed by atoms with Crippen LogP contribution in [0.4, 0.5) is 22.0 Å². The second-order valence-corrected chi connectivity index (χ2v) is 7.15. The van der Waals surface area contributed by atoms with Crippen LogP contribution in [0, 0.1) is 6.92 Å². The van der Waals surface area contributed by atoms with E-state index in [0.717, 1.165) is 48.6 Å². The maximum atomic E-state index is 12.3. The molecule has 0 atom stereocenters. The van der Waals surface area contributed by atoms with Crippen LogP contribution >= 0.6 is 11.6 Å². The van der Waals surface area contributed by atoms with Crippen molar-refractivity contribution in [2.75, 3.05) is 41.8 Å². The molecule has 0 aliphatic carbocycles. The molecule has 0 radical (unpaired) electrons. The number of halogens is 1. The number of benzene rings is 2. The zero-order chi connectivity index (χ0) is 19.5. The van der Waals surface area contributed by atoms with Gasteiger partial charge in [0, 0.05) is 34.9 Å². The highest BCUT2D eigenvalue weighted by Crippen LogP contribution is 2.26. The Labute approximate surface area is 168 Å². The minimum absolute atomic E-state index is 0.308. The number of ether oxygens (including phenoxy) is 1. The molecule has 1 aromatic heterocycles. The molecule has 2 N–H and O–H groups in total. The zero-order valence-electron chi connectivity index (χ0n) is 15.5. The molecule has 1 fully saturated rings. The molecule has 2 heterocycles. The number of morpholine rings is 1. The van der Waals surface area contributed by atoms with E-state index < -0.39 is 0 Å². The van der Waals surface area contributed by atoms with Crippen molar-refractivity contribution < 1.29 is 9.53 Å². The summed E-state index contributed by atoms with van der Waals surface area (Å²) in [5.74, 6) is 0.967. The summed E-state index contributed by atoms with van der Waals surface area (Å²) >= 11 is 5.87. The molecule has 144 valence electrons. The van der Waals surface area contributed by atoms with Gasteiger partial charge in [-0.25, -0.2) is 9.78 Å². The monoisotopic (exact) mass is 396 g/mol. The lowest BCUT2D eigenvalue weighted by Gasteiger charge is -2.28. The molecule has 7 heteroatoms. The summed E-state index contributed by atoms with van der Waals surface area (Å²) < 4.78 is 5.42. The Bertz CT molecular complexity index is 1000. The van der Waals surface area contributed by atoms with Crippen LogP contribution in [0.2, 0.25) is 5.02 Å². The quantitative estimate of drug-likeness (QED) is 0.674. The van der Waals surface area contributed by atoms with Gasteiger partial charge in [-0.2, -0.15) is 0 Å². The van der Waals surface area contributed by atoms with E-state index in [0.29, 0.717) is 16.4 Å². The number of pyridine rings is 1. The molecule has 3 aromatic rings. The van der Waals surface area contributed by atoms with Gasteiger partial charge in [0.25, 0.3) is 0 Å². The van der Waals surface area contributed by atoms with E-state index in [-0.39, 0.29) is 6.03 Å². The van der Waals surface area contributed by atoms with Gasteiger partial charge in [-0.15, -0.1) is 0 Å². The smallest absolute Gasteiger partial charge is 0.323 e. The molecular formula is C21H21ClN4O2. The molecule has 2 aromatic carbocycles. The van der Waals surface area contributed by atoms with Gasteiger partial charge in [0.1, 0.15) is 5.82 Å². The summed E-state index contributed by atoms with van der Waals surface area (Å²) in [5.41, 5.74) is 3.41. The summed E-state index contributed by atoms with van der Waals surface area (Å²) in [6.07, 6.45) is 0. The SMILES string of the molecule is Cc1cc(N2CCOCC2)nc2ccc(NC(=O)Nc3ccc(Cl)cc3)cc12. The third-order valence-electron chi connectivity index (χ3n) is 4.70. The van der Waals surface area contributed by atoms with Crippen LogP contribution in [0.3, 0.4) is 0 Å². The number of anilines is 3. The number of carbonyl (C=O) groups excluding carboxylic acids is 1. The van der Waals surface area contributed by atoms with Crippen LogP contribution in [-0.2, 0) is 4.74 Å². The minimum atomic E-state index is -0.308. The first-order valence-electron chi connectivity index (χ1n) is 9.16. The normalized spacial score (nSPS) is 14.1. The van der Waals surface area contributed by atoms with Crippen LogP contribution in [0.5, 0.6) is 0 Å². The molecule has 2 amide bonds. The van der Waals surface area contributed by atoms with E-state index in [9.17, 15) is 4.79 Å². The maximum absolute atomic E-state index is 12.3. The van der Waals surface area contributed by atoms with Gasteiger partial charge >= 0.3 is 6.03 Å². The van der Waals surface area contributed by atoms with Gasteiger partial charge in [0.15, 0.2) is 0 Å². The van der Waals surface area contributed by atoms with Gasteiger partial charge < -0.3 is 20.3 Å². The highest BCUT2D eigenvalue weighted by Gasteiger charge is 2.14. The molecule has 0 bridgehead atoms. The number of rotatable bonds is 3. The Balaban J connectivity index is 1.51. The topological polar surface area (TPSA) is 66.5 Å². The van der Waals surface area contributed by atoms with Crippen molar-refractivity contribution in [3.63, 3.8) is 0 Å². The number of amides is 2. The Morgan fingerprint density at radius 2 is 1.71 bits per heavy atom. The van der Waals surface area contributed by atoms with E-state index in [4.69, 9.17) is 21.3 Å². The molecule has 1 saturated heterocycles. The second-order valence-electron chi connectivity index (χ2n) is 6.71. The summed E-state index contributed by atoms with van der Waals surface area (Å²) in [6.45, 7) is 5.21. The molecular weight excluding hydrogens is 376 g/mol.